The van der Waals surface area contributed by atoms with Crippen LogP contribution in [0.15, 0.2) is 18.2 Å². The fraction of sp³-hybridized carbons (Fsp3) is 0.471. The van der Waals surface area contributed by atoms with Gasteiger partial charge in [0.1, 0.15) is 5.75 Å². The van der Waals surface area contributed by atoms with Crippen LogP contribution in [0.5, 0.6) is 5.75 Å². The van der Waals surface area contributed by atoms with Crippen LogP contribution < -0.4 is 15.4 Å². The van der Waals surface area contributed by atoms with E-state index in [9.17, 15) is 4.79 Å². The summed E-state index contributed by atoms with van der Waals surface area (Å²) < 4.78 is 5.67. The first-order chi connectivity index (χ1) is 9.83. The van der Waals surface area contributed by atoms with E-state index < -0.39 is 0 Å². The standard InChI is InChI=1S/C17H24N2O2/c1-6-10-18-15(20)12-21-16-13(2)8-7-9-14(16)11-19-17(3,4)5/h1,7-9,19H,10-12H2,2-5H3,(H,18,20). The second-order valence-corrected chi connectivity index (χ2v) is 5.94. The molecule has 0 heterocycles. The highest BCUT2D eigenvalue weighted by molar-refractivity contribution is 5.77. The Kier molecular flexibility index (Phi) is 6.26. The Hall–Kier alpha value is -1.99. The molecule has 1 amide bonds. The second-order valence-electron chi connectivity index (χ2n) is 5.94. The number of carbonyl (C=O) groups excluding carboxylic acids is 1. The molecule has 1 rings (SSSR count). The Labute approximate surface area is 127 Å². The van der Waals surface area contributed by atoms with Crippen LogP contribution in [-0.4, -0.2) is 24.6 Å². The van der Waals surface area contributed by atoms with Crippen molar-refractivity contribution in [1.29, 1.82) is 0 Å². The third-order valence-electron chi connectivity index (χ3n) is 2.84. The van der Waals surface area contributed by atoms with Crippen LogP contribution in [0.3, 0.4) is 0 Å². The Morgan fingerprint density at radius 1 is 1.38 bits per heavy atom. The predicted molar refractivity (Wildman–Crippen MR) is 85.1 cm³/mol. The molecule has 0 bridgehead atoms. The fourth-order valence-electron chi connectivity index (χ4n) is 1.76. The number of amides is 1. The number of aryl methyl sites for hydroxylation is 1. The lowest BCUT2D eigenvalue weighted by atomic mass is 10.1. The van der Waals surface area contributed by atoms with Crippen LogP contribution in [0, 0.1) is 19.3 Å². The third kappa shape index (κ3) is 6.33. The van der Waals surface area contributed by atoms with Crippen LogP contribution in [-0.2, 0) is 11.3 Å². The molecule has 2 N–H and O–H groups in total. The number of para-hydroxylation sites is 1. The number of ether oxygens (including phenoxy) is 1. The van der Waals surface area contributed by atoms with E-state index in [-0.39, 0.29) is 24.6 Å². The number of terminal acetylenes is 1. The van der Waals surface area contributed by atoms with Gasteiger partial charge >= 0.3 is 0 Å². The molecule has 0 saturated carbocycles. The number of benzene rings is 1. The zero-order valence-corrected chi connectivity index (χ0v) is 13.2. The molecule has 21 heavy (non-hydrogen) atoms. The minimum atomic E-state index is -0.217. The summed E-state index contributed by atoms with van der Waals surface area (Å²) in [7, 11) is 0. The lowest BCUT2D eigenvalue weighted by molar-refractivity contribution is -0.122. The maximum absolute atomic E-state index is 11.6. The molecule has 1 aromatic rings. The lowest BCUT2D eigenvalue weighted by Crippen LogP contribution is -2.35. The summed E-state index contributed by atoms with van der Waals surface area (Å²) in [5.74, 6) is 2.90. The van der Waals surface area contributed by atoms with Crippen molar-refractivity contribution in [3.8, 4) is 18.1 Å². The quantitative estimate of drug-likeness (QED) is 0.787. The van der Waals surface area contributed by atoms with Gasteiger partial charge in [0.15, 0.2) is 6.61 Å². The number of hydrogen-bond acceptors (Lipinski definition) is 3. The topological polar surface area (TPSA) is 50.4 Å². The van der Waals surface area contributed by atoms with Crippen molar-refractivity contribution in [3.63, 3.8) is 0 Å². The van der Waals surface area contributed by atoms with Crippen LogP contribution in [0.4, 0.5) is 0 Å². The molecule has 114 valence electrons. The van der Waals surface area contributed by atoms with Gasteiger partial charge in [0.2, 0.25) is 0 Å². The normalized spacial score (nSPS) is 10.8. The number of hydrogen-bond donors (Lipinski definition) is 2. The van der Waals surface area contributed by atoms with E-state index in [0.29, 0.717) is 6.54 Å². The molecule has 4 nitrogen and oxygen atoms in total. The minimum absolute atomic E-state index is 0.0190. The van der Waals surface area contributed by atoms with Crippen molar-refractivity contribution in [2.75, 3.05) is 13.2 Å². The van der Waals surface area contributed by atoms with Gasteiger partial charge < -0.3 is 15.4 Å². The molecule has 4 heteroatoms. The second kappa shape index (κ2) is 7.70. The summed E-state index contributed by atoms with van der Waals surface area (Å²) >= 11 is 0. The largest absolute Gasteiger partial charge is 0.483 e. The molecule has 0 fully saturated rings. The van der Waals surface area contributed by atoms with E-state index in [0.717, 1.165) is 16.9 Å². The van der Waals surface area contributed by atoms with Crippen LogP contribution >= 0.6 is 0 Å². The van der Waals surface area contributed by atoms with Gasteiger partial charge in [-0.05, 0) is 33.3 Å². The molecule has 1 aromatic carbocycles. The van der Waals surface area contributed by atoms with Gasteiger partial charge in [0.25, 0.3) is 5.91 Å². The van der Waals surface area contributed by atoms with E-state index in [1.807, 2.05) is 25.1 Å². The maximum atomic E-state index is 11.6. The predicted octanol–water partition coefficient (Wildman–Crippen LogP) is 2.01. The molecule has 0 aliphatic carbocycles. The third-order valence-corrected chi connectivity index (χ3v) is 2.84. The monoisotopic (exact) mass is 288 g/mol. The Balaban J connectivity index is 2.72. The highest BCUT2D eigenvalue weighted by Crippen LogP contribution is 2.23. The first kappa shape index (κ1) is 17.1. The van der Waals surface area contributed by atoms with E-state index in [4.69, 9.17) is 11.2 Å². The van der Waals surface area contributed by atoms with Gasteiger partial charge in [0.05, 0.1) is 6.54 Å². The molecule has 0 aliphatic rings. The van der Waals surface area contributed by atoms with Crippen molar-refractivity contribution >= 4 is 5.91 Å². The Morgan fingerprint density at radius 2 is 2.10 bits per heavy atom. The van der Waals surface area contributed by atoms with E-state index in [1.54, 1.807) is 0 Å². The molecule has 0 radical (unpaired) electrons. The number of carbonyl (C=O) groups is 1. The highest BCUT2D eigenvalue weighted by Gasteiger charge is 2.13. The van der Waals surface area contributed by atoms with Gasteiger partial charge in [-0.2, -0.15) is 0 Å². The van der Waals surface area contributed by atoms with Crippen LogP contribution in [0.2, 0.25) is 0 Å². The Bertz CT molecular complexity index is 525. The first-order valence-electron chi connectivity index (χ1n) is 7.00. The molecule has 0 spiro atoms. The zero-order valence-electron chi connectivity index (χ0n) is 13.2. The average molecular weight is 288 g/mol. The summed E-state index contributed by atoms with van der Waals surface area (Å²) in [6, 6.07) is 5.95. The first-order valence-corrected chi connectivity index (χ1v) is 7.00. The molecular weight excluding hydrogens is 264 g/mol. The molecule has 0 saturated heterocycles. The molecule has 0 atom stereocenters. The molecule has 0 unspecified atom stereocenters. The van der Waals surface area contributed by atoms with Crippen molar-refractivity contribution in [2.24, 2.45) is 0 Å². The van der Waals surface area contributed by atoms with E-state index in [1.165, 1.54) is 0 Å². The molecule has 0 aliphatic heterocycles. The number of rotatable bonds is 6. The van der Waals surface area contributed by atoms with Gasteiger partial charge in [-0.15, -0.1) is 6.42 Å². The lowest BCUT2D eigenvalue weighted by Gasteiger charge is -2.22. The van der Waals surface area contributed by atoms with Crippen LogP contribution in [0.1, 0.15) is 31.9 Å². The SMILES string of the molecule is C#CCNC(=O)COc1c(C)cccc1CNC(C)(C)C. The maximum Gasteiger partial charge on any atom is 0.258 e. The van der Waals surface area contributed by atoms with E-state index in [2.05, 4.69) is 37.3 Å². The smallest absolute Gasteiger partial charge is 0.258 e. The van der Waals surface area contributed by atoms with Crippen molar-refractivity contribution in [3.05, 3.63) is 29.3 Å². The van der Waals surface area contributed by atoms with E-state index >= 15 is 0 Å². The summed E-state index contributed by atoms with van der Waals surface area (Å²) in [5, 5.41) is 6.00. The van der Waals surface area contributed by atoms with Gasteiger partial charge in [-0.1, -0.05) is 24.1 Å². The summed E-state index contributed by atoms with van der Waals surface area (Å²) in [6.45, 7) is 9.16. The van der Waals surface area contributed by atoms with Gasteiger partial charge in [0, 0.05) is 17.6 Å². The highest BCUT2D eigenvalue weighted by atomic mass is 16.5. The average Bonchev–Trinajstić information content (AvgIpc) is 2.41. The minimum Gasteiger partial charge on any atom is -0.483 e. The number of nitrogens with one attached hydrogen (secondary N) is 2. The molecule has 0 aromatic heterocycles. The van der Waals surface area contributed by atoms with Gasteiger partial charge in [-0.3, -0.25) is 4.79 Å². The molecular formula is C17H24N2O2. The van der Waals surface area contributed by atoms with Crippen LogP contribution in [0.25, 0.3) is 0 Å². The Morgan fingerprint density at radius 3 is 2.71 bits per heavy atom. The van der Waals surface area contributed by atoms with Crippen molar-refractivity contribution in [1.82, 2.24) is 10.6 Å². The summed E-state index contributed by atoms with van der Waals surface area (Å²) in [6.07, 6.45) is 5.10. The summed E-state index contributed by atoms with van der Waals surface area (Å²) in [5.41, 5.74) is 2.06. The zero-order chi connectivity index (χ0) is 15.9. The fourth-order valence-corrected chi connectivity index (χ4v) is 1.76. The van der Waals surface area contributed by atoms with Crippen molar-refractivity contribution in [2.45, 2.75) is 39.8 Å². The van der Waals surface area contributed by atoms with Crippen molar-refractivity contribution < 1.29 is 9.53 Å². The summed E-state index contributed by atoms with van der Waals surface area (Å²) in [4.78, 5) is 11.6. The van der Waals surface area contributed by atoms with Gasteiger partial charge in [-0.25, -0.2) is 0 Å².